The molecule has 1 saturated heterocycles. The smallest absolute Gasteiger partial charge is 0.230 e. The van der Waals surface area contributed by atoms with Crippen molar-refractivity contribution >= 4 is 11.7 Å². The Kier molecular flexibility index (Phi) is 4.38. The van der Waals surface area contributed by atoms with Crippen molar-refractivity contribution in [3.05, 3.63) is 53.7 Å². The molecule has 25 heavy (non-hydrogen) atoms. The van der Waals surface area contributed by atoms with Gasteiger partial charge in [0.05, 0.1) is 5.92 Å². The van der Waals surface area contributed by atoms with Crippen molar-refractivity contribution in [1.29, 1.82) is 0 Å². The molecule has 2 aromatic rings. The quantitative estimate of drug-likeness (QED) is 0.864. The number of carbonyl (C=O) groups excluding carboxylic acids is 1. The van der Waals surface area contributed by atoms with Crippen molar-refractivity contribution in [2.75, 3.05) is 25.0 Å². The zero-order valence-corrected chi connectivity index (χ0v) is 14.6. The van der Waals surface area contributed by atoms with Crippen molar-refractivity contribution < 1.29 is 4.79 Å². The number of anilines is 1. The Hall–Kier alpha value is -2.43. The second-order valence-electron chi connectivity index (χ2n) is 7.04. The topological polar surface area (TPSA) is 49.3 Å². The fourth-order valence-electron chi connectivity index (χ4n) is 4.18. The second-order valence-corrected chi connectivity index (χ2v) is 7.04. The number of hydrogen-bond donors (Lipinski definition) is 0. The highest BCUT2D eigenvalue weighted by Crippen LogP contribution is 2.35. The normalized spacial score (nSPS) is 20.4. The summed E-state index contributed by atoms with van der Waals surface area (Å²) in [5.74, 6) is 1.27. The molecular weight excluding hydrogens is 312 g/mol. The van der Waals surface area contributed by atoms with E-state index in [1.165, 1.54) is 11.1 Å². The first-order valence-corrected chi connectivity index (χ1v) is 9.11. The lowest BCUT2D eigenvalue weighted by atomic mass is 9.97. The standard InChI is InChI=1S/C20H24N4O/c1-23(19-7-4-12-21-22-19)16-10-13-24(14-11-16)20(25)18-9-8-15-5-2-3-6-17(15)18/h2-7,12,16,18H,8-11,13-14H2,1H3. The lowest BCUT2D eigenvalue weighted by Crippen LogP contribution is -2.47. The van der Waals surface area contributed by atoms with Gasteiger partial charge < -0.3 is 9.80 Å². The van der Waals surface area contributed by atoms with Crippen LogP contribution in [0.1, 0.15) is 36.3 Å². The molecule has 1 aromatic carbocycles. The molecule has 1 aromatic heterocycles. The predicted molar refractivity (Wildman–Crippen MR) is 97.5 cm³/mol. The highest BCUT2D eigenvalue weighted by Gasteiger charge is 2.34. The van der Waals surface area contributed by atoms with Crippen LogP contribution in [0, 0.1) is 0 Å². The number of hydrogen-bond acceptors (Lipinski definition) is 4. The summed E-state index contributed by atoms with van der Waals surface area (Å²) in [4.78, 5) is 17.3. The van der Waals surface area contributed by atoms with Gasteiger partial charge in [0.25, 0.3) is 0 Å². The minimum absolute atomic E-state index is 0.0606. The van der Waals surface area contributed by atoms with Gasteiger partial charge in [-0.2, -0.15) is 5.10 Å². The highest BCUT2D eigenvalue weighted by molar-refractivity contribution is 5.85. The number of fused-ring (bicyclic) bond motifs is 1. The molecule has 0 spiro atoms. The molecule has 0 saturated carbocycles. The lowest BCUT2D eigenvalue weighted by Gasteiger charge is -2.38. The Morgan fingerprint density at radius 2 is 1.92 bits per heavy atom. The summed E-state index contributed by atoms with van der Waals surface area (Å²) in [6.45, 7) is 1.65. The molecule has 1 fully saturated rings. The summed E-state index contributed by atoms with van der Waals surface area (Å²) in [7, 11) is 2.07. The fraction of sp³-hybridized carbons (Fsp3) is 0.450. The number of benzene rings is 1. The molecule has 4 rings (SSSR count). The van der Waals surface area contributed by atoms with E-state index in [-0.39, 0.29) is 5.92 Å². The molecule has 5 nitrogen and oxygen atoms in total. The van der Waals surface area contributed by atoms with Gasteiger partial charge in [-0.3, -0.25) is 4.79 Å². The van der Waals surface area contributed by atoms with E-state index < -0.39 is 0 Å². The number of likely N-dealkylation sites (tertiary alicyclic amines) is 1. The molecule has 130 valence electrons. The van der Waals surface area contributed by atoms with Gasteiger partial charge in [-0.1, -0.05) is 24.3 Å². The Morgan fingerprint density at radius 3 is 2.68 bits per heavy atom. The Labute approximate surface area is 148 Å². The van der Waals surface area contributed by atoms with Crippen molar-refractivity contribution in [3.8, 4) is 0 Å². The Bertz CT molecular complexity index is 740. The van der Waals surface area contributed by atoms with E-state index in [4.69, 9.17) is 0 Å². The number of aryl methyl sites for hydroxylation is 1. The number of aromatic nitrogens is 2. The zero-order chi connectivity index (χ0) is 17.2. The average molecular weight is 336 g/mol. The number of amides is 1. The summed E-state index contributed by atoms with van der Waals surface area (Å²) in [5.41, 5.74) is 2.59. The van der Waals surface area contributed by atoms with Gasteiger partial charge in [0.15, 0.2) is 5.82 Å². The molecule has 1 unspecified atom stereocenters. The Morgan fingerprint density at radius 1 is 1.12 bits per heavy atom. The number of rotatable bonds is 3. The maximum absolute atomic E-state index is 13.0. The lowest BCUT2D eigenvalue weighted by molar-refractivity contribution is -0.133. The van der Waals surface area contributed by atoms with Crippen LogP contribution < -0.4 is 4.90 Å². The molecule has 1 aliphatic heterocycles. The van der Waals surface area contributed by atoms with E-state index in [1.54, 1.807) is 6.20 Å². The molecule has 1 amide bonds. The molecule has 2 heterocycles. The molecule has 1 atom stereocenters. The second kappa shape index (κ2) is 6.82. The van der Waals surface area contributed by atoms with Crippen LogP contribution in [0.3, 0.4) is 0 Å². The number of piperidine rings is 1. The fourth-order valence-corrected chi connectivity index (χ4v) is 4.18. The van der Waals surface area contributed by atoms with Crippen LogP contribution in [-0.4, -0.2) is 47.2 Å². The molecule has 0 N–H and O–H groups in total. The number of carbonyl (C=O) groups is 1. The monoisotopic (exact) mass is 336 g/mol. The maximum atomic E-state index is 13.0. The first kappa shape index (κ1) is 16.1. The van der Waals surface area contributed by atoms with E-state index in [2.05, 4.69) is 45.2 Å². The Balaban J connectivity index is 1.38. The predicted octanol–water partition coefficient (Wildman–Crippen LogP) is 2.63. The third-order valence-electron chi connectivity index (χ3n) is 5.67. The third kappa shape index (κ3) is 3.11. The van der Waals surface area contributed by atoms with Crippen LogP contribution in [0.5, 0.6) is 0 Å². The van der Waals surface area contributed by atoms with Crippen LogP contribution >= 0.6 is 0 Å². The third-order valence-corrected chi connectivity index (χ3v) is 5.67. The summed E-state index contributed by atoms with van der Waals surface area (Å²) in [6.07, 6.45) is 5.63. The minimum atomic E-state index is 0.0606. The van der Waals surface area contributed by atoms with E-state index in [1.807, 2.05) is 18.2 Å². The first-order chi connectivity index (χ1) is 12.2. The molecule has 1 aliphatic carbocycles. The van der Waals surface area contributed by atoms with E-state index in [0.717, 1.165) is 44.6 Å². The van der Waals surface area contributed by atoms with Crippen LogP contribution in [-0.2, 0) is 11.2 Å². The zero-order valence-electron chi connectivity index (χ0n) is 14.6. The highest BCUT2D eigenvalue weighted by atomic mass is 16.2. The molecule has 0 radical (unpaired) electrons. The molecule has 2 aliphatic rings. The van der Waals surface area contributed by atoms with E-state index in [9.17, 15) is 4.79 Å². The average Bonchev–Trinajstić information content (AvgIpc) is 3.12. The van der Waals surface area contributed by atoms with Crippen molar-refractivity contribution in [1.82, 2.24) is 15.1 Å². The maximum Gasteiger partial charge on any atom is 0.230 e. The van der Waals surface area contributed by atoms with Crippen molar-refractivity contribution in [3.63, 3.8) is 0 Å². The van der Waals surface area contributed by atoms with Gasteiger partial charge in [-0.05, 0) is 48.9 Å². The SMILES string of the molecule is CN(c1cccnn1)C1CCN(C(=O)C2CCc3ccccc32)CC1. The van der Waals surface area contributed by atoms with Gasteiger partial charge >= 0.3 is 0 Å². The molecular formula is C20H24N4O. The summed E-state index contributed by atoms with van der Waals surface area (Å²) in [5, 5.41) is 8.15. The minimum Gasteiger partial charge on any atom is -0.355 e. The van der Waals surface area contributed by atoms with Crippen LogP contribution in [0.25, 0.3) is 0 Å². The molecule has 5 heteroatoms. The van der Waals surface area contributed by atoms with Crippen LogP contribution in [0.2, 0.25) is 0 Å². The van der Waals surface area contributed by atoms with Gasteiger partial charge in [0.1, 0.15) is 0 Å². The van der Waals surface area contributed by atoms with Gasteiger partial charge in [0.2, 0.25) is 5.91 Å². The van der Waals surface area contributed by atoms with Gasteiger partial charge in [-0.25, -0.2) is 0 Å². The summed E-state index contributed by atoms with van der Waals surface area (Å²) >= 11 is 0. The van der Waals surface area contributed by atoms with E-state index >= 15 is 0 Å². The van der Waals surface area contributed by atoms with Crippen LogP contribution in [0.15, 0.2) is 42.6 Å². The molecule has 0 bridgehead atoms. The first-order valence-electron chi connectivity index (χ1n) is 9.11. The largest absolute Gasteiger partial charge is 0.355 e. The van der Waals surface area contributed by atoms with Crippen LogP contribution in [0.4, 0.5) is 5.82 Å². The summed E-state index contributed by atoms with van der Waals surface area (Å²) < 4.78 is 0. The van der Waals surface area contributed by atoms with Gasteiger partial charge in [-0.15, -0.1) is 5.10 Å². The number of nitrogens with zero attached hydrogens (tertiary/aromatic N) is 4. The summed E-state index contributed by atoms with van der Waals surface area (Å²) in [6, 6.07) is 12.7. The van der Waals surface area contributed by atoms with Crippen molar-refractivity contribution in [2.24, 2.45) is 0 Å². The van der Waals surface area contributed by atoms with E-state index in [0.29, 0.717) is 11.9 Å². The van der Waals surface area contributed by atoms with Gasteiger partial charge in [0, 0.05) is 32.4 Å². The van der Waals surface area contributed by atoms with Crippen molar-refractivity contribution in [2.45, 2.75) is 37.6 Å².